The highest BCUT2D eigenvalue weighted by atomic mass is 79.9. The maximum Gasteiger partial charge on any atom is 0.221 e. The molecule has 0 fully saturated rings. The van der Waals surface area contributed by atoms with Crippen molar-refractivity contribution in [2.45, 2.75) is 45.7 Å². The summed E-state index contributed by atoms with van der Waals surface area (Å²) in [6.07, 6.45) is 0.482. The summed E-state index contributed by atoms with van der Waals surface area (Å²) >= 11 is 7.00. The first-order valence-corrected chi connectivity index (χ1v) is 8.27. The van der Waals surface area contributed by atoms with Crippen LogP contribution < -0.4 is 10.6 Å². The van der Waals surface area contributed by atoms with Gasteiger partial charge in [0.1, 0.15) is 0 Å². The van der Waals surface area contributed by atoms with E-state index in [0.717, 1.165) is 8.95 Å². The molecule has 2 N–H and O–H groups in total. The lowest BCUT2D eigenvalue weighted by Gasteiger charge is -2.21. The summed E-state index contributed by atoms with van der Waals surface area (Å²) in [5.41, 5.74) is 1.02. The maximum atomic E-state index is 11.7. The number of hydrogen-bond acceptors (Lipinski definition) is 2. The minimum atomic E-state index is -0.169. The molecule has 0 saturated carbocycles. The Hall–Kier alpha value is -0.390. The topological polar surface area (TPSA) is 41.1 Å². The third kappa shape index (κ3) is 6.37. The largest absolute Gasteiger partial charge is 0.351 e. The van der Waals surface area contributed by atoms with Gasteiger partial charge in [0.2, 0.25) is 5.91 Å². The second-order valence-electron chi connectivity index (χ2n) is 5.89. The van der Waals surface area contributed by atoms with Crippen molar-refractivity contribution in [3.63, 3.8) is 0 Å². The van der Waals surface area contributed by atoms with Crippen LogP contribution in [0.25, 0.3) is 0 Å². The molecule has 0 aliphatic heterocycles. The third-order valence-electron chi connectivity index (χ3n) is 2.75. The Kier molecular flexibility index (Phi) is 6.69. The molecule has 1 atom stereocenters. The molecule has 0 bridgehead atoms. The highest BCUT2D eigenvalue weighted by Crippen LogP contribution is 2.26. The zero-order valence-electron chi connectivity index (χ0n) is 12.4. The lowest BCUT2D eigenvalue weighted by Crippen LogP contribution is -2.41. The Morgan fingerprint density at radius 3 is 2.50 bits per heavy atom. The van der Waals surface area contributed by atoms with E-state index in [2.05, 4.69) is 55.5 Å². The van der Waals surface area contributed by atoms with E-state index < -0.39 is 0 Å². The summed E-state index contributed by atoms with van der Waals surface area (Å²) in [6.45, 7) is 8.71. The minimum Gasteiger partial charge on any atom is -0.351 e. The fraction of sp³-hybridized carbons (Fsp3) is 0.533. The SMILES string of the molecule is CC(NCCC(=O)NC(C)(C)C)c1ccc(Br)cc1Br. The smallest absolute Gasteiger partial charge is 0.221 e. The molecule has 0 aliphatic rings. The van der Waals surface area contributed by atoms with E-state index in [1.54, 1.807) is 0 Å². The van der Waals surface area contributed by atoms with Crippen LogP contribution in [0.2, 0.25) is 0 Å². The number of amides is 1. The fourth-order valence-corrected chi connectivity index (χ4v) is 3.24. The van der Waals surface area contributed by atoms with Crippen LogP contribution in [0.4, 0.5) is 0 Å². The fourth-order valence-electron chi connectivity index (χ4n) is 1.85. The van der Waals surface area contributed by atoms with Crippen LogP contribution in [0.3, 0.4) is 0 Å². The van der Waals surface area contributed by atoms with Gasteiger partial charge < -0.3 is 10.6 Å². The van der Waals surface area contributed by atoms with E-state index in [-0.39, 0.29) is 17.5 Å². The van der Waals surface area contributed by atoms with E-state index >= 15 is 0 Å². The number of rotatable bonds is 5. The van der Waals surface area contributed by atoms with Crippen molar-refractivity contribution in [2.24, 2.45) is 0 Å². The molecule has 0 saturated heterocycles. The zero-order valence-corrected chi connectivity index (χ0v) is 15.6. The first-order chi connectivity index (χ1) is 9.19. The van der Waals surface area contributed by atoms with Crippen LogP contribution in [0.5, 0.6) is 0 Å². The van der Waals surface area contributed by atoms with Gasteiger partial charge in [-0.25, -0.2) is 0 Å². The summed E-state index contributed by atoms with van der Waals surface area (Å²) < 4.78 is 2.11. The number of carbonyl (C=O) groups is 1. The quantitative estimate of drug-likeness (QED) is 0.771. The molecule has 112 valence electrons. The average molecular weight is 406 g/mol. The first-order valence-electron chi connectivity index (χ1n) is 6.68. The molecule has 0 heterocycles. The van der Waals surface area contributed by atoms with Crippen molar-refractivity contribution in [1.82, 2.24) is 10.6 Å². The molecule has 1 aromatic rings. The van der Waals surface area contributed by atoms with Crippen molar-refractivity contribution < 1.29 is 4.79 Å². The van der Waals surface area contributed by atoms with Crippen molar-refractivity contribution in [2.75, 3.05) is 6.54 Å². The Bertz CT molecular complexity index is 469. The van der Waals surface area contributed by atoms with Crippen molar-refractivity contribution in [1.29, 1.82) is 0 Å². The molecule has 1 unspecified atom stereocenters. The van der Waals surface area contributed by atoms with E-state index in [9.17, 15) is 4.79 Å². The van der Waals surface area contributed by atoms with Crippen molar-refractivity contribution in [3.05, 3.63) is 32.7 Å². The Morgan fingerprint density at radius 1 is 1.30 bits per heavy atom. The first kappa shape index (κ1) is 17.7. The van der Waals surface area contributed by atoms with Gasteiger partial charge in [-0.1, -0.05) is 37.9 Å². The van der Waals surface area contributed by atoms with Gasteiger partial charge in [0.15, 0.2) is 0 Å². The molecule has 0 aliphatic carbocycles. The van der Waals surface area contributed by atoms with Gasteiger partial charge in [-0.2, -0.15) is 0 Å². The van der Waals surface area contributed by atoms with Crippen molar-refractivity contribution in [3.8, 4) is 0 Å². The lowest BCUT2D eigenvalue weighted by molar-refractivity contribution is -0.122. The van der Waals surface area contributed by atoms with Gasteiger partial charge in [-0.05, 0) is 45.4 Å². The van der Waals surface area contributed by atoms with E-state index in [0.29, 0.717) is 13.0 Å². The van der Waals surface area contributed by atoms with Crippen LogP contribution in [0.1, 0.15) is 45.7 Å². The second kappa shape index (κ2) is 7.57. The van der Waals surface area contributed by atoms with Crippen LogP contribution in [-0.2, 0) is 4.79 Å². The molecule has 0 spiro atoms. The zero-order chi connectivity index (χ0) is 15.3. The standard InChI is InChI=1S/C15H22Br2N2O/c1-10(12-6-5-11(16)9-13(12)17)18-8-7-14(20)19-15(2,3)4/h5-6,9-10,18H,7-8H2,1-4H3,(H,19,20). The Morgan fingerprint density at radius 2 is 1.95 bits per heavy atom. The van der Waals surface area contributed by atoms with Gasteiger partial charge in [0.05, 0.1) is 0 Å². The molecule has 0 radical (unpaired) electrons. The average Bonchev–Trinajstić information content (AvgIpc) is 2.25. The van der Waals surface area contributed by atoms with Crippen LogP contribution in [-0.4, -0.2) is 18.0 Å². The minimum absolute atomic E-state index is 0.0760. The van der Waals surface area contributed by atoms with E-state index in [1.165, 1.54) is 5.56 Å². The molecule has 1 aromatic carbocycles. The molecule has 3 nitrogen and oxygen atoms in total. The van der Waals surface area contributed by atoms with Crippen LogP contribution in [0, 0.1) is 0 Å². The molecule has 20 heavy (non-hydrogen) atoms. The number of halogens is 2. The summed E-state index contributed by atoms with van der Waals surface area (Å²) in [6, 6.07) is 6.31. The normalized spacial score (nSPS) is 13.1. The van der Waals surface area contributed by atoms with Gasteiger partial charge in [0.25, 0.3) is 0 Å². The van der Waals surface area contributed by atoms with Crippen molar-refractivity contribution >= 4 is 37.8 Å². The van der Waals surface area contributed by atoms with Gasteiger partial charge in [0, 0.05) is 33.5 Å². The predicted octanol–water partition coefficient (Wildman–Crippen LogP) is 4.17. The summed E-state index contributed by atoms with van der Waals surface area (Å²) in [7, 11) is 0. The van der Waals surface area contributed by atoms with Gasteiger partial charge in [-0.15, -0.1) is 0 Å². The maximum absolute atomic E-state index is 11.7. The Balaban J connectivity index is 2.44. The number of benzene rings is 1. The second-order valence-corrected chi connectivity index (χ2v) is 7.66. The number of nitrogens with one attached hydrogen (secondary N) is 2. The van der Waals surface area contributed by atoms with E-state index in [4.69, 9.17) is 0 Å². The molecule has 0 aromatic heterocycles. The monoisotopic (exact) mass is 404 g/mol. The molecular weight excluding hydrogens is 384 g/mol. The van der Waals surface area contributed by atoms with Crippen LogP contribution >= 0.6 is 31.9 Å². The predicted molar refractivity (Wildman–Crippen MR) is 90.8 cm³/mol. The number of hydrogen-bond donors (Lipinski definition) is 2. The summed E-state index contributed by atoms with van der Waals surface area (Å²) in [5.74, 6) is 0.0760. The molecule has 5 heteroatoms. The highest BCUT2D eigenvalue weighted by Gasteiger charge is 2.14. The summed E-state index contributed by atoms with van der Waals surface area (Å²) in [4.78, 5) is 11.7. The van der Waals surface area contributed by atoms with Gasteiger partial charge >= 0.3 is 0 Å². The lowest BCUT2D eigenvalue weighted by atomic mass is 10.1. The third-order valence-corrected chi connectivity index (χ3v) is 3.93. The summed E-state index contributed by atoms with van der Waals surface area (Å²) in [5, 5.41) is 6.33. The highest BCUT2D eigenvalue weighted by molar-refractivity contribution is 9.11. The van der Waals surface area contributed by atoms with E-state index in [1.807, 2.05) is 32.9 Å². The van der Waals surface area contributed by atoms with Crippen LogP contribution in [0.15, 0.2) is 27.1 Å². The van der Waals surface area contributed by atoms with Gasteiger partial charge in [-0.3, -0.25) is 4.79 Å². The Labute approximate surface area is 138 Å². The number of carbonyl (C=O) groups excluding carboxylic acids is 1. The molecule has 1 rings (SSSR count). The molecular formula is C15H22Br2N2O. The molecule has 1 amide bonds.